The second-order valence-corrected chi connectivity index (χ2v) is 5.58. The summed E-state index contributed by atoms with van der Waals surface area (Å²) in [6, 6.07) is 0. The highest BCUT2D eigenvalue weighted by atomic mass is 32.2. The first kappa shape index (κ1) is 13.8. The molecule has 3 N–H and O–H groups in total. The lowest BCUT2D eigenvalue weighted by Gasteiger charge is -2.21. The molecule has 0 fully saturated rings. The Bertz CT molecular complexity index is 289. The van der Waals surface area contributed by atoms with Gasteiger partial charge in [0.25, 0.3) is 0 Å². The van der Waals surface area contributed by atoms with Crippen molar-refractivity contribution >= 4 is 27.2 Å². The molecule has 0 saturated carbocycles. The van der Waals surface area contributed by atoms with Crippen molar-refractivity contribution in [2.75, 3.05) is 20.2 Å². The van der Waals surface area contributed by atoms with Crippen LogP contribution in [0.15, 0.2) is 0 Å². The molecule has 84 valence electrons. The van der Waals surface area contributed by atoms with Gasteiger partial charge < -0.3 is 10.8 Å². The zero-order valence-corrected chi connectivity index (χ0v) is 9.94. The van der Waals surface area contributed by atoms with Crippen molar-refractivity contribution < 1.29 is 13.5 Å². The molecule has 5 nitrogen and oxygen atoms in total. The minimum Gasteiger partial charge on any atom is -0.395 e. The van der Waals surface area contributed by atoms with Gasteiger partial charge in [-0.1, -0.05) is 19.1 Å². The fourth-order valence-electron chi connectivity index (χ4n) is 1.04. The number of thiocarbonyl (C=S) groups is 1. The number of aliphatic hydroxyl groups excluding tert-OH is 1. The summed E-state index contributed by atoms with van der Waals surface area (Å²) in [5.41, 5.74) is 5.33. The highest BCUT2D eigenvalue weighted by molar-refractivity contribution is 7.92. The molecule has 0 aromatic carbocycles. The van der Waals surface area contributed by atoms with E-state index in [1.165, 1.54) is 7.05 Å². The molecule has 0 rings (SSSR count). The lowest BCUT2D eigenvalue weighted by atomic mass is 10.3. The third-order valence-electron chi connectivity index (χ3n) is 1.90. The van der Waals surface area contributed by atoms with Crippen LogP contribution < -0.4 is 5.73 Å². The number of nitrogens with two attached hydrogens (primary N) is 1. The highest BCUT2D eigenvalue weighted by Gasteiger charge is 2.29. The molecule has 0 radical (unpaired) electrons. The summed E-state index contributed by atoms with van der Waals surface area (Å²) in [5, 5.41) is 7.78. The summed E-state index contributed by atoms with van der Waals surface area (Å²) < 4.78 is 24.6. The maximum Gasteiger partial charge on any atom is 0.223 e. The summed E-state index contributed by atoms with van der Waals surface area (Å²) in [4.78, 5) is -0.0303. The zero-order chi connectivity index (χ0) is 11.4. The summed E-state index contributed by atoms with van der Waals surface area (Å²) in [6.45, 7) is 1.54. The van der Waals surface area contributed by atoms with Crippen molar-refractivity contribution in [3.05, 3.63) is 0 Å². The standard InChI is InChI=1S/C7H16N2O3S2/c1-3-6(7(8)13)14(11,12)9(2)4-5-10/h6,10H,3-5H2,1-2H3,(H2,8,13). The number of likely N-dealkylation sites (N-methyl/N-ethyl adjacent to an activating group) is 1. The summed E-state index contributed by atoms with van der Waals surface area (Å²) in [6.07, 6.45) is 0.341. The average Bonchev–Trinajstić information content (AvgIpc) is 2.04. The van der Waals surface area contributed by atoms with Crippen LogP contribution in [0.25, 0.3) is 0 Å². The monoisotopic (exact) mass is 240 g/mol. The van der Waals surface area contributed by atoms with Gasteiger partial charge in [-0.05, 0) is 6.42 Å². The lowest BCUT2D eigenvalue weighted by molar-refractivity contribution is 0.266. The Morgan fingerprint density at radius 3 is 2.43 bits per heavy atom. The van der Waals surface area contributed by atoms with Gasteiger partial charge in [0, 0.05) is 13.6 Å². The van der Waals surface area contributed by atoms with Gasteiger partial charge in [0.05, 0.1) is 11.6 Å². The van der Waals surface area contributed by atoms with Gasteiger partial charge in [0.1, 0.15) is 5.25 Å². The summed E-state index contributed by atoms with van der Waals surface area (Å²) in [5.74, 6) is 0. The Balaban J connectivity index is 4.83. The van der Waals surface area contributed by atoms with Gasteiger partial charge in [0.2, 0.25) is 10.0 Å². The topological polar surface area (TPSA) is 83.6 Å². The Morgan fingerprint density at radius 2 is 2.14 bits per heavy atom. The average molecular weight is 240 g/mol. The number of hydrogen-bond donors (Lipinski definition) is 2. The predicted molar refractivity (Wildman–Crippen MR) is 59.5 cm³/mol. The third kappa shape index (κ3) is 3.16. The third-order valence-corrected chi connectivity index (χ3v) is 4.69. The molecule has 0 aliphatic carbocycles. The molecule has 0 aromatic heterocycles. The van der Waals surface area contributed by atoms with Crippen LogP contribution in [-0.4, -0.2) is 48.3 Å². The molecule has 1 unspecified atom stereocenters. The minimum absolute atomic E-state index is 0.0303. The van der Waals surface area contributed by atoms with Crippen LogP contribution in [0.1, 0.15) is 13.3 Å². The van der Waals surface area contributed by atoms with Gasteiger partial charge in [-0.15, -0.1) is 0 Å². The summed E-state index contributed by atoms with van der Waals surface area (Å²) in [7, 11) is -2.11. The van der Waals surface area contributed by atoms with Crippen LogP contribution in [-0.2, 0) is 10.0 Å². The second-order valence-electron chi connectivity index (χ2n) is 2.89. The molecular weight excluding hydrogens is 224 g/mol. The van der Waals surface area contributed by atoms with E-state index in [1.807, 2.05) is 0 Å². The zero-order valence-electron chi connectivity index (χ0n) is 8.30. The van der Waals surface area contributed by atoms with Crippen molar-refractivity contribution in [1.29, 1.82) is 0 Å². The van der Waals surface area contributed by atoms with Crippen molar-refractivity contribution in [2.45, 2.75) is 18.6 Å². The van der Waals surface area contributed by atoms with Crippen LogP contribution in [0.5, 0.6) is 0 Å². The fraction of sp³-hybridized carbons (Fsp3) is 0.857. The first-order chi connectivity index (χ1) is 6.37. The lowest BCUT2D eigenvalue weighted by Crippen LogP contribution is -2.43. The molecule has 0 bridgehead atoms. The van der Waals surface area contributed by atoms with E-state index in [4.69, 9.17) is 10.8 Å². The van der Waals surface area contributed by atoms with Crippen LogP contribution in [0, 0.1) is 0 Å². The van der Waals surface area contributed by atoms with E-state index < -0.39 is 15.3 Å². The Kier molecular flexibility index (Phi) is 5.50. The molecule has 14 heavy (non-hydrogen) atoms. The van der Waals surface area contributed by atoms with Gasteiger partial charge in [0.15, 0.2) is 0 Å². The van der Waals surface area contributed by atoms with E-state index >= 15 is 0 Å². The van der Waals surface area contributed by atoms with Gasteiger partial charge >= 0.3 is 0 Å². The van der Waals surface area contributed by atoms with Crippen LogP contribution in [0.3, 0.4) is 0 Å². The second kappa shape index (κ2) is 5.59. The number of rotatable bonds is 6. The van der Waals surface area contributed by atoms with Gasteiger partial charge in [-0.3, -0.25) is 0 Å². The maximum absolute atomic E-state index is 11.7. The Labute approximate surface area is 89.9 Å². The van der Waals surface area contributed by atoms with Crippen LogP contribution in [0.2, 0.25) is 0 Å². The van der Waals surface area contributed by atoms with Crippen LogP contribution in [0.4, 0.5) is 0 Å². The van der Waals surface area contributed by atoms with E-state index in [1.54, 1.807) is 6.92 Å². The SMILES string of the molecule is CCC(C(N)=S)S(=O)(=O)N(C)CCO. The summed E-state index contributed by atoms with van der Waals surface area (Å²) >= 11 is 4.68. The van der Waals surface area contributed by atoms with E-state index in [2.05, 4.69) is 12.2 Å². The van der Waals surface area contributed by atoms with Crippen molar-refractivity contribution in [3.63, 3.8) is 0 Å². The van der Waals surface area contributed by atoms with Crippen molar-refractivity contribution in [2.24, 2.45) is 5.73 Å². The Hall–Kier alpha value is -0.240. The fourth-order valence-corrected chi connectivity index (χ4v) is 3.06. The smallest absolute Gasteiger partial charge is 0.223 e. The van der Waals surface area contributed by atoms with Crippen LogP contribution >= 0.6 is 12.2 Å². The maximum atomic E-state index is 11.7. The molecule has 1 atom stereocenters. The predicted octanol–water partition coefficient (Wildman–Crippen LogP) is -0.695. The number of hydrogen-bond acceptors (Lipinski definition) is 4. The first-order valence-electron chi connectivity index (χ1n) is 4.23. The molecule has 0 aliphatic heterocycles. The first-order valence-corrected chi connectivity index (χ1v) is 6.14. The number of nitrogens with zero attached hydrogens (tertiary/aromatic N) is 1. The molecule has 0 spiro atoms. The van der Waals surface area contributed by atoms with E-state index in [-0.39, 0.29) is 18.1 Å². The molecule has 7 heteroatoms. The normalized spacial score (nSPS) is 14.3. The number of aliphatic hydroxyl groups is 1. The highest BCUT2D eigenvalue weighted by Crippen LogP contribution is 2.10. The molecule has 0 heterocycles. The molecule has 0 amide bonds. The van der Waals surface area contributed by atoms with Gasteiger partial charge in [-0.25, -0.2) is 12.7 Å². The molecule has 0 saturated heterocycles. The molecule has 0 aliphatic rings. The molecular formula is C7H16N2O3S2. The van der Waals surface area contributed by atoms with E-state index in [9.17, 15) is 8.42 Å². The Morgan fingerprint density at radius 1 is 1.64 bits per heavy atom. The van der Waals surface area contributed by atoms with Gasteiger partial charge in [-0.2, -0.15) is 0 Å². The minimum atomic E-state index is -3.51. The number of sulfonamides is 1. The largest absolute Gasteiger partial charge is 0.395 e. The van der Waals surface area contributed by atoms with Crippen molar-refractivity contribution in [3.8, 4) is 0 Å². The van der Waals surface area contributed by atoms with Crippen molar-refractivity contribution in [1.82, 2.24) is 4.31 Å². The quantitative estimate of drug-likeness (QED) is 0.600. The van der Waals surface area contributed by atoms with E-state index in [0.717, 1.165) is 4.31 Å². The molecule has 0 aromatic rings. The van der Waals surface area contributed by atoms with E-state index in [0.29, 0.717) is 6.42 Å².